The lowest BCUT2D eigenvalue weighted by atomic mass is 9.65. The van der Waals surface area contributed by atoms with Crippen LogP contribution in [-0.2, 0) is 12.0 Å². The SMILES string of the molecule is CN1CCC(C2(O)c3cc(F)cc(Cl)c3CC2(C)C)CC1. The summed E-state index contributed by atoms with van der Waals surface area (Å²) in [7, 11) is 2.10. The van der Waals surface area contributed by atoms with E-state index in [1.54, 1.807) is 0 Å². The first-order valence-electron chi connectivity index (χ1n) is 7.65. The number of rotatable bonds is 1. The molecule has 1 aliphatic carbocycles. The van der Waals surface area contributed by atoms with E-state index in [4.69, 9.17) is 11.6 Å². The fourth-order valence-electron chi connectivity index (χ4n) is 4.26. The van der Waals surface area contributed by atoms with Crippen LogP contribution in [0, 0.1) is 17.2 Å². The summed E-state index contributed by atoms with van der Waals surface area (Å²) in [5.74, 6) is -0.203. The molecular weight excluding hydrogens is 289 g/mol. The van der Waals surface area contributed by atoms with E-state index in [2.05, 4.69) is 25.8 Å². The number of hydrogen-bond acceptors (Lipinski definition) is 2. The third kappa shape index (κ3) is 2.21. The number of fused-ring (bicyclic) bond motifs is 1. The van der Waals surface area contributed by atoms with Crippen LogP contribution in [0.2, 0.25) is 5.02 Å². The van der Waals surface area contributed by atoms with Crippen molar-refractivity contribution in [2.45, 2.75) is 38.7 Å². The van der Waals surface area contributed by atoms with E-state index in [9.17, 15) is 9.50 Å². The quantitative estimate of drug-likeness (QED) is 0.857. The summed E-state index contributed by atoms with van der Waals surface area (Å²) in [6.07, 6.45) is 2.57. The molecule has 0 aromatic heterocycles. The minimum Gasteiger partial charge on any atom is -0.384 e. The summed E-state index contributed by atoms with van der Waals surface area (Å²) in [4.78, 5) is 2.28. The van der Waals surface area contributed by atoms with Crippen molar-refractivity contribution in [1.29, 1.82) is 0 Å². The zero-order valence-electron chi connectivity index (χ0n) is 12.9. The highest BCUT2D eigenvalue weighted by Gasteiger charge is 2.56. The highest BCUT2D eigenvalue weighted by molar-refractivity contribution is 6.31. The predicted octanol–water partition coefficient (Wildman–Crippen LogP) is 3.59. The second-order valence-corrected chi connectivity index (χ2v) is 7.73. The Kier molecular flexibility index (Phi) is 3.59. The zero-order chi connectivity index (χ0) is 15.4. The van der Waals surface area contributed by atoms with Gasteiger partial charge in [-0.15, -0.1) is 0 Å². The third-order valence-corrected chi connectivity index (χ3v) is 5.87. The lowest BCUT2D eigenvalue weighted by molar-refractivity contribution is -0.121. The molecule has 4 heteroatoms. The standard InChI is InChI=1S/C17H23ClFNO/c1-16(2)10-13-14(8-12(19)9-15(13)18)17(16,21)11-4-6-20(3)7-5-11/h8-9,11,21H,4-7,10H2,1-3H3. The number of nitrogens with zero attached hydrogens (tertiary/aromatic N) is 1. The van der Waals surface area contributed by atoms with Crippen LogP contribution in [0.15, 0.2) is 12.1 Å². The van der Waals surface area contributed by atoms with E-state index in [0.717, 1.165) is 31.5 Å². The van der Waals surface area contributed by atoms with Crippen LogP contribution in [0.3, 0.4) is 0 Å². The highest BCUT2D eigenvalue weighted by atomic mass is 35.5. The van der Waals surface area contributed by atoms with E-state index in [0.29, 0.717) is 17.0 Å². The van der Waals surface area contributed by atoms with Crippen molar-refractivity contribution in [2.24, 2.45) is 11.3 Å². The lowest BCUT2D eigenvalue weighted by Crippen LogP contribution is -2.49. The Labute approximate surface area is 130 Å². The van der Waals surface area contributed by atoms with Crippen LogP contribution < -0.4 is 0 Å². The first-order chi connectivity index (χ1) is 9.75. The molecule has 2 nitrogen and oxygen atoms in total. The summed E-state index contributed by atoms with van der Waals surface area (Å²) >= 11 is 6.23. The molecule has 0 bridgehead atoms. The van der Waals surface area contributed by atoms with E-state index in [-0.39, 0.29) is 17.2 Å². The first-order valence-corrected chi connectivity index (χ1v) is 8.03. The Morgan fingerprint density at radius 3 is 2.52 bits per heavy atom. The molecule has 1 aromatic carbocycles. The van der Waals surface area contributed by atoms with Gasteiger partial charge in [0, 0.05) is 10.4 Å². The molecule has 1 unspecified atom stereocenters. The maximum absolute atomic E-state index is 13.8. The van der Waals surface area contributed by atoms with Gasteiger partial charge in [0.05, 0.1) is 5.60 Å². The molecule has 116 valence electrons. The van der Waals surface area contributed by atoms with Gasteiger partial charge < -0.3 is 10.0 Å². The van der Waals surface area contributed by atoms with Gasteiger partial charge in [-0.05, 0) is 68.6 Å². The minimum atomic E-state index is -0.991. The van der Waals surface area contributed by atoms with Crippen molar-refractivity contribution in [1.82, 2.24) is 4.90 Å². The van der Waals surface area contributed by atoms with Crippen molar-refractivity contribution in [3.8, 4) is 0 Å². The van der Waals surface area contributed by atoms with Gasteiger partial charge in [0.1, 0.15) is 5.82 Å². The van der Waals surface area contributed by atoms with Crippen molar-refractivity contribution in [2.75, 3.05) is 20.1 Å². The summed E-state index contributed by atoms with van der Waals surface area (Å²) in [5, 5.41) is 12.0. The summed E-state index contributed by atoms with van der Waals surface area (Å²) < 4.78 is 13.8. The predicted molar refractivity (Wildman–Crippen MR) is 83.0 cm³/mol. The topological polar surface area (TPSA) is 23.5 Å². The smallest absolute Gasteiger partial charge is 0.125 e. The van der Waals surface area contributed by atoms with Crippen LogP contribution in [0.25, 0.3) is 0 Å². The number of aliphatic hydroxyl groups is 1. The Morgan fingerprint density at radius 2 is 1.90 bits per heavy atom. The van der Waals surface area contributed by atoms with E-state index < -0.39 is 5.60 Å². The molecule has 1 aliphatic heterocycles. The fourth-order valence-corrected chi connectivity index (χ4v) is 4.54. The van der Waals surface area contributed by atoms with Gasteiger partial charge in [-0.25, -0.2) is 4.39 Å². The van der Waals surface area contributed by atoms with Gasteiger partial charge in [0.25, 0.3) is 0 Å². The van der Waals surface area contributed by atoms with Crippen LogP contribution in [0.4, 0.5) is 4.39 Å². The van der Waals surface area contributed by atoms with Crippen molar-refractivity contribution >= 4 is 11.6 Å². The number of halogens is 2. The largest absolute Gasteiger partial charge is 0.384 e. The third-order valence-electron chi connectivity index (χ3n) is 5.53. The molecule has 0 spiro atoms. The van der Waals surface area contributed by atoms with Crippen LogP contribution in [0.5, 0.6) is 0 Å². The Hall–Kier alpha value is -0.640. The van der Waals surface area contributed by atoms with Crippen molar-refractivity contribution < 1.29 is 9.50 Å². The number of likely N-dealkylation sites (tertiary alicyclic amines) is 1. The second kappa shape index (κ2) is 4.94. The van der Waals surface area contributed by atoms with Crippen LogP contribution in [0.1, 0.15) is 37.8 Å². The summed E-state index contributed by atoms with van der Waals surface area (Å²) in [6, 6.07) is 2.85. The second-order valence-electron chi connectivity index (χ2n) is 7.32. The molecule has 2 aliphatic rings. The van der Waals surface area contributed by atoms with E-state index >= 15 is 0 Å². The molecule has 0 amide bonds. The molecule has 1 fully saturated rings. The number of hydrogen-bond donors (Lipinski definition) is 1. The molecule has 3 rings (SSSR count). The highest BCUT2D eigenvalue weighted by Crippen LogP contribution is 2.57. The van der Waals surface area contributed by atoms with Gasteiger partial charge in [-0.2, -0.15) is 0 Å². The normalized spacial score (nSPS) is 29.6. The van der Waals surface area contributed by atoms with E-state index in [1.165, 1.54) is 12.1 Å². The maximum Gasteiger partial charge on any atom is 0.125 e. The molecule has 21 heavy (non-hydrogen) atoms. The van der Waals surface area contributed by atoms with Gasteiger partial charge in [0.15, 0.2) is 0 Å². The van der Waals surface area contributed by atoms with Crippen LogP contribution >= 0.6 is 11.6 Å². The average molecular weight is 312 g/mol. The molecule has 1 aromatic rings. The van der Waals surface area contributed by atoms with Gasteiger partial charge in [-0.3, -0.25) is 0 Å². The molecule has 1 saturated heterocycles. The molecular formula is C17H23ClFNO. The molecule has 1 heterocycles. The number of benzene rings is 1. The zero-order valence-corrected chi connectivity index (χ0v) is 13.7. The van der Waals surface area contributed by atoms with Gasteiger partial charge in [0.2, 0.25) is 0 Å². The summed E-state index contributed by atoms with van der Waals surface area (Å²) in [5.41, 5.74) is 0.319. The first kappa shape index (κ1) is 15.3. The molecule has 1 N–H and O–H groups in total. The monoisotopic (exact) mass is 311 g/mol. The Morgan fingerprint density at radius 1 is 1.29 bits per heavy atom. The van der Waals surface area contributed by atoms with Gasteiger partial charge >= 0.3 is 0 Å². The van der Waals surface area contributed by atoms with E-state index in [1.807, 2.05) is 0 Å². The number of piperidine rings is 1. The van der Waals surface area contributed by atoms with Crippen LogP contribution in [-0.4, -0.2) is 30.1 Å². The Bertz CT molecular complexity index is 566. The minimum absolute atomic E-state index is 0.155. The van der Waals surface area contributed by atoms with Gasteiger partial charge in [-0.1, -0.05) is 25.4 Å². The van der Waals surface area contributed by atoms with Crippen molar-refractivity contribution in [3.63, 3.8) is 0 Å². The lowest BCUT2D eigenvalue weighted by Gasteiger charge is -2.46. The average Bonchev–Trinajstić information content (AvgIpc) is 2.61. The Balaban J connectivity index is 2.09. The molecule has 0 radical (unpaired) electrons. The van der Waals surface area contributed by atoms with Crippen molar-refractivity contribution in [3.05, 3.63) is 34.1 Å². The maximum atomic E-state index is 13.8. The molecule has 1 atom stereocenters. The fraction of sp³-hybridized carbons (Fsp3) is 0.647. The molecule has 0 saturated carbocycles. The summed E-state index contributed by atoms with van der Waals surface area (Å²) in [6.45, 7) is 6.09.